The van der Waals surface area contributed by atoms with Crippen molar-refractivity contribution in [2.24, 2.45) is 5.92 Å². The number of hydrogen-bond acceptors (Lipinski definition) is 2. The van der Waals surface area contributed by atoms with Gasteiger partial charge in [0.15, 0.2) is 0 Å². The van der Waals surface area contributed by atoms with Gasteiger partial charge in [0.25, 0.3) is 5.91 Å². The molecular formula is C18H19NO3. The molecule has 0 atom stereocenters. The lowest BCUT2D eigenvalue weighted by Gasteiger charge is -2.14. The van der Waals surface area contributed by atoms with Crippen molar-refractivity contribution in [1.82, 2.24) is 5.32 Å². The number of carbonyl (C=O) groups is 2. The van der Waals surface area contributed by atoms with Crippen molar-refractivity contribution >= 4 is 11.9 Å². The molecular weight excluding hydrogens is 278 g/mol. The van der Waals surface area contributed by atoms with Crippen molar-refractivity contribution in [3.63, 3.8) is 0 Å². The van der Waals surface area contributed by atoms with Crippen LogP contribution in [0.25, 0.3) is 11.1 Å². The third kappa shape index (κ3) is 3.52. The molecule has 0 bridgehead atoms. The Morgan fingerprint density at radius 3 is 2.32 bits per heavy atom. The van der Waals surface area contributed by atoms with Crippen LogP contribution in [-0.4, -0.2) is 23.5 Å². The van der Waals surface area contributed by atoms with E-state index in [2.05, 4.69) is 5.32 Å². The van der Waals surface area contributed by atoms with E-state index >= 15 is 0 Å². The van der Waals surface area contributed by atoms with Crippen LogP contribution in [0.4, 0.5) is 0 Å². The third-order valence-electron chi connectivity index (χ3n) is 3.28. The molecule has 22 heavy (non-hydrogen) atoms. The zero-order valence-electron chi connectivity index (χ0n) is 12.7. The SMILES string of the molecule is CC(C)CNC(=O)c1c(C(=O)O)cccc1-c1ccccc1. The first-order valence-electron chi connectivity index (χ1n) is 7.20. The minimum Gasteiger partial charge on any atom is -0.478 e. The summed E-state index contributed by atoms with van der Waals surface area (Å²) < 4.78 is 0. The molecule has 4 nitrogen and oxygen atoms in total. The van der Waals surface area contributed by atoms with Crippen LogP contribution in [0.5, 0.6) is 0 Å². The fraction of sp³-hybridized carbons (Fsp3) is 0.222. The Balaban J connectivity index is 2.52. The van der Waals surface area contributed by atoms with Crippen molar-refractivity contribution in [2.45, 2.75) is 13.8 Å². The predicted octanol–water partition coefficient (Wildman–Crippen LogP) is 3.44. The van der Waals surface area contributed by atoms with Crippen LogP contribution in [0.1, 0.15) is 34.6 Å². The summed E-state index contributed by atoms with van der Waals surface area (Å²) in [6, 6.07) is 14.2. The molecule has 0 radical (unpaired) electrons. The van der Waals surface area contributed by atoms with E-state index in [1.165, 1.54) is 6.07 Å². The average Bonchev–Trinajstić information content (AvgIpc) is 2.52. The standard InChI is InChI=1S/C18H19NO3/c1-12(2)11-19-17(20)16-14(13-7-4-3-5-8-13)9-6-10-15(16)18(21)22/h3-10,12H,11H2,1-2H3,(H,19,20)(H,21,22). The first-order valence-corrected chi connectivity index (χ1v) is 7.20. The van der Waals surface area contributed by atoms with E-state index in [-0.39, 0.29) is 17.0 Å². The molecule has 0 unspecified atom stereocenters. The van der Waals surface area contributed by atoms with Gasteiger partial charge in [-0.05, 0) is 23.1 Å². The van der Waals surface area contributed by atoms with Gasteiger partial charge in [-0.15, -0.1) is 0 Å². The van der Waals surface area contributed by atoms with E-state index < -0.39 is 5.97 Å². The van der Waals surface area contributed by atoms with Gasteiger partial charge in [0.2, 0.25) is 0 Å². The Morgan fingerprint density at radius 1 is 1.05 bits per heavy atom. The summed E-state index contributed by atoms with van der Waals surface area (Å²) in [6.45, 7) is 4.48. The molecule has 0 saturated heterocycles. The number of nitrogens with one attached hydrogen (secondary N) is 1. The average molecular weight is 297 g/mol. The first kappa shape index (κ1) is 15.8. The number of benzene rings is 2. The van der Waals surface area contributed by atoms with Gasteiger partial charge < -0.3 is 10.4 Å². The summed E-state index contributed by atoms with van der Waals surface area (Å²) in [5, 5.41) is 12.2. The van der Waals surface area contributed by atoms with Crippen LogP contribution in [-0.2, 0) is 0 Å². The quantitative estimate of drug-likeness (QED) is 0.888. The van der Waals surface area contributed by atoms with E-state index in [9.17, 15) is 14.7 Å². The second-order valence-corrected chi connectivity index (χ2v) is 5.50. The molecule has 0 spiro atoms. The Labute approximate surface area is 129 Å². The van der Waals surface area contributed by atoms with E-state index in [0.29, 0.717) is 18.0 Å². The lowest BCUT2D eigenvalue weighted by molar-refractivity contribution is 0.0691. The summed E-state index contributed by atoms with van der Waals surface area (Å²) >= 11 is 0. The highest BCUT2D eigenvalue weighted by atomic mass is 16.4. The van der Waals surface area contributed by atoms with Crippen molar-refractivity contribution in [3.8, 4) is 11.1 Å². The molecule has 0 fully saturated rings. The Kier molecular flexibility index (Phi) is 4.94. The molecule has 2 aromatic rings. The van der Waals surface area contributed by atoms with Crippen molar-refractivity contribution in [1.29, 1.82) is 0 Å². The fourth-order valence-electron chi connectivity index (χ4n) is 2.22. The normalized spacial score (nSPS) is 10.5. The van der Waals surface area contributed by atoms with Gasteiger partial charge in [-0.3, -0.25) is 4.79 Å². The Bertz CT molecular complexity index is 678. The molecule has 2 N–H and O–H groups in total. The number of carboxylic acid groups (broad SMARTS) is 1. The number of carboxylic acids is 1. The van der Waals surface area contributed by atoms with Crippen molar-refractivity contribution in [2.75, 3.05) is 6.54 Å². The smallest absolute Gasteiger partial charge is 0.336 e. The predicted molar refractivity (Wildman–Crippen MR) is 86.0 cm³/mol. The lowest BCUT2D eigenvalue weighted by atomic mass is 9.94. The number of hydrogen-bond donors (Lipinski definition) is 2. The minimum absolute atomic E-state index is 0.0163. The van der Waals surface area contributed by atoms with E-state index in [4.69, 9.17) is 0 Å². The maximum Gasteiger partial charge on any atom is 0.336 e. The van der Waals surface area contributed by atoms with Gasteiger partial charge in [0.1, 0.15) is 0 Å². The zero-order valence-corrected chi connectivity index (χ0v) is 12.7. The van der Waals surface area contributed by atoms with Crippen LogP contribution in [0, 0.1) is 5.92 Å². The molecule has 2 aromatic carbocycles. The molecule has 2 rings (SSSR count). The van der Waals surface area contributed by atoms with E-state index in [1.54, 1.807) is 12.1 Å². The van der Waals surface area contributed by atoms with Crippen LogP contribution >= 0.6 is 0 Å². The van der Waals surface area contributed by atoms with Gasteiger partial charge in [-0.25, -0.2) is 4.79 Å². The van der Waals surface area contributed by atoms with Crippen LogP contribution in [0.3, 0.4) is 0 Å². The zero-order chi connectivity index (χ0) is 16.1. The highest BCUT2D eigenvalue weighted by molar-refractivity contribution is 6.09. The molecule has 0 aliphatic carbocycles. The molecule has 1 amide bonds. The van der Waals surface area contributed by atoms with Gasteiger partial charge in [0, 0.05) is 6.54 Å². The van der Waals surface area contributed by atoms with Gasteiger partial charge >= 0.3 is 5.97 Å². The van der Waals surface area contributed by atoms with E-state index in [0.717, 1.165) is 5.56 Å². The molecule has 0 heterocycles. The molecule has 0 aliphatic rings. The monoisotopic (exact) mass is 297 g/mol. The van der Waals surface area contributed by atoms with Crippen LogP contribution in [0.15, 0.2) is 48.5 Å². The maximum atomic E-state index is 12.5. The molecule has 0 aliphatic heterocycles. The van der Waals surface area contributed by atoms with Gasteiger partial charge in [0.05, 0.1) is 11.1 Å². The van der Waals surface area contributed by atoms with Crippen LogP contribution in [0.2, 0.25) is 0 Å². The van der Waals surface area contributed by atoms with Gasteiger partial charge in [-0.1, -0.05) is 56.3 Å². The molecule has 114 valence electrons. The lowest BCUT2D eigenvalue weighted by Crippen LogP contribution is -2.29. The first-order chi connectivity index (χ1) is 10.5. The largest absolute Gasteiger partial charge is 0.478 e. The Hall–Kier alpha value is -2.62. The topological polar surface area (TPSA) is 66.4 Å². The highest BCUT2D eigenvalue weighted by Gasteiger charge is 2.21. The van der Waals surface area contributed by atoms with Gasteiger partial charge in [-0.2, -0.15) is 0 Å². The van der Waals surface area contributed by atoms with E-state index in [1.807, 2.05) is 44.2 Å². The summed E-state index contributed by atoms with van der Waals surface area (Å²) in [5.41, 5.74) is 1.67. The molecule has 0 aromatic heterocycles. The summed E-state index contributed by atoms with van der Waals surface area (Å²) in [5.74, 6) is -1.17. The molecule has 4 heteroatoms. The van der Waals surface area contributed by atoms with Crippen LogP contribution < -0.4 is 5.32 Å². The summed E-state index contributed by atoms with van der Waals surface area (Å²) in [7, 11) is 0. The summed E-state index contributed by atoms with van der Waals surface area (Å²) in [6.07, 6.45) is 0. The van der Waals surface area contributed by atoms with Crippen molar-refractivity contribution in [3.05, 3.63) is 59.7 Å². The maximum absolute atomic E-state index is 12.5. The summed E-state index contributed by atoms with van der Waals surface area (Å²) in [4.78, 5) is 24.0. The van der Waals surface area contributed by atoms with Crippen molar-refractivity contribution < 1.29 is 14.7 Å². The highest BCUT2D eigenvalue weighted by Crippen LogP contribution is 2.26. The second-order valence-electron chi connectivity index (χ2n) is 5.50. The molecule has 0 saturated carbocycles. The fourth-order valence-corrected chi connectivity index (χ4v) is 2.22. The third-order valence-corrected chi connectivity index (χ3v) is 3.28. The number of aromatic carboxylic acids is 1. The second kappa shape index (κ2) is 6.89. The number of amides is 1. The minimum atomic E-state index is -1.10. The number of rotatable bonds is 5. The number of carbonyl (C=O) groups excluding carboxylic acids is 1. The Morgan fingerprint density at radius 2 is 1.73 bits per heavy atom.